The Bertz CT molecular complexity index is 711. The summed E-state index contributed by atoms with van der Waals surface area (Å²) < 4.78 is 10.6. The zero-order valence-electron chi connectivity index (χ0n) is 14.3. The second kappa shape index (κ2) is 6.44. The molecule has 0 aliphatic rings. The summed E-state index contributed by atoms with van der Waals surface area (Å²) in [5.41, 5.74) is 0.693. The highest BCUT2D eigenvalue weighted by molar-refractivity contribution is 6.03. The molecule has 2 aromatic rings. The van der Waals surface area contributed by atoms with Crippen LogP contribution in [0.4, 0.5) is 4.79 Å². The molecule has 0 aliphatic heterocycles. The molecule has 5 nitrogen and oxygen atoms in total. The van der Waals surface area contributed by atoms with Gasteiger partial charge in [-0.25, -0.2) is 4.79 Å². The fourth-order valence-electron chi connectivity index (χ4n) is 2.41. The monoisotopic (exact) mass is 317 g/mol. The van der Waals surface area contributed by atoms with E-state index in [4.69, 9.17) is 9.15 Å². The molecule has 5 heteroatoms. The van der Waals surface area contributed by atoms with E-state index >= 15 is 0 Å². The number of nitrogens with zero attached hydrogens (tertiary/aromatic N) is 1. The molecule has 0 saturated heterocycles. The van der Waals surface area contributed by atoms with Gasteiger partial charge < -0.3 is 14.1 Å². The third-order valence-corrected chi connectivity index (χ3v) is 3.58. The van der Waals surface area contributed by atoms with Crippen molar-refractivity contribution in [3.8, 4) is 0 Å². The average Bonchev–Trinajstić information content (AvgIpc) is 2.93. The summed E-state index contributed by atoms with van der Waals surface area (Å²) in [4.78, 5) is 26.3. The molecule has 124 valence electrons. The Hall–Kier alpha value is -2.30. The summed E-state index contributed by atoms with van der Waals surface area (Å²) in [6.45, 7) is 7.27. The van der Waals surface area contributed by atoms with Crippen molar-refractivity contribution in [1.82, 2.24) is 4.90 Å². The molecule has 0 fully saturated rings. The van der Waals surface area contributed by atoms with Gasteiger partial charge in [0, 0.05) is 18.0 Å². The fourth-order valence-corrected chi connectivity index (χ4v) is 2.41. The van der Waals surface area contributed by atoms with Gasteiger partial charge in [0.15, 0.2) is 5.78 Å². The van der Waals surface area contributed by atoms with Crippen molar-refractivity contribution in [1.29, 1.82) is 0 Å². The van der Waals surface area contributed by atoms with Gasteiger partial charge in [0.25, 0.3) is 0 Å². The molecule has 0 unspecified atom stereocenters. The van der Waals surface area contributed by atoms with Gasteiger partial charge in [-0.1, -0.05) is 6.92 Å². The quantitative estimate of drug-likeness (QED) is 0.790. The van der Waals surface area contributed by atoms with E-state index in [1.165, 1.54) is 4.90 Å². The van der Waals surface area contributed by atoms with Crippen molar-refractivity contribution in [3.05, 3.63) is 36.1 Å². The van der Waals surface area contributed by atoms with Crippen LogP contribution in [0, 0.1) is 0 Å². The lowest BCUT2D eigenvalue weighted by Gasteiger charge is -2.29. The first kappa shape index (κ1) is 17.1. The number of fused-ring (bicyclic) bond motifs is 1. The minimum Gasteiger partial charge on any atom is -0.464 e. The van der Waals surface area contributed by atoms with Crippen LogP contribution < -0.4 is 0 Å². The first-order valence-corrected chi connectivity index (χ1v) is 7.70. The van der Waals surface area contributed by atoms with Crippen LogP contribution in [-0.4, -0.2) is 35.5 Å². The van der Waals surface area contributed by atoms with E-state index in [2.05, 4.69) is 0 Å². The predicted octanol–water partition coefficient (Wildman–Crippen LogP) is 4.26. The van der Waals surface area contributed by atoms with Crippen molar-refractivity contribution in [2.45, 2.75) is 45.8 Å². The Morgan fingerprint density at radius 1 is 1.26 bits per heavy atom. The molecule has 1 heterocycles. The zero-order chi connectivity index (χ0) is 17.2. The summed E-state index contributed by atoms with van der Waals surface area (Å²) in [6, 6.07) is 6.52. The van der Waals surface area contributed by atoms with E-state index in [0.717, 1.165) is 11.0 Å². The summed E-state index contributed by atoms with van der Waals surface area (Å²) >= 11 is 0. The summed E-state index contributed by atoms with van der Waals surface area (Å²) in [5.74, 6) is -0.107. The van der Waals surface area contributed by atoms with Crippen LogP contribution in [0.5, 0.6) is 0 Å². The number of carbonyl (C=O) groups excluding carboxylic acids is 2. The van der Waals surface area contributed by atoms with Crippen LogP contribution in [0.25, 0.3) is 11.0 Å². The lowest BCUT2D eigenvalue weighted by Crippen LogP contribution is -2.44. The highest BCUT2D eigenvalue weighted by Gasteiger charge is 2.29. The second-order valence-corrected chi connectivity index (χ2v) is 6.55. The average molecular weight is 317 g/mol. The van der Waals surface area contributed by atoms with Crippen LogP contribution >= 0.6 is 0 Å². The normalized spacial score (nSPS) is 12.9. The zero-order valence-corrected chi connectivity index (χ0v) is 14.3. The number of benzene rings is 1. The molecule has 0 bridgehead atoms. The number of hydrogen-bond donors (Lipinski definition) is 0. The fraction of sp³-hybridized carbons (Fsp3) is 0.444. The van der Waals surface area contributed by atoms with Crippen molar-refractivity contribution in [2.75, 3.05) is 7.05 Å². The van der Waals surface area contributed by atoms with Gasteiger partial charge in [0.1, 0.15) is 11.2 Å². The Kier molecular flexibility index (Phi) is 4.78. The third kappa shape index (κ3) is 3.92. The van der Waals surface area contributed by atoms with E-state index in [-0.39, 0.29) is 5.78 Å². The molecule has 23 heavy (non-hydrogen) atoms. The summed E-state index contributed by atoms with van der Waals surface area (Å²) in [7, 11) is 1.59. The number of furan rings is 1. The van der Waals surface area contributed by atoms with E-state index in [1.54, 1.807) is 52.3 Å². The minimum atomic E-state index is -0.595. The number of amides is 1. The van der Waals surface area contributed by atoms with E-state index in [1.807, 2.05) is 13.0 Å². The number of ether oxygens (including phenoxy) is 1. The maximum Gasteiger partial charge on any atom is 0.410 e. The molecule has 1 aromatic heterocycles. The van der Waals surface area contributed by atoms with Gasteiger partial charge in [-0.3, -0.25) is 4.79 Å². The molecule has 0 saturated carbocycles. The summed E-state index contributed by atoms with van der Waals surface area (Å²) in [5, 5.41) is 0.866. The van der Waals surface area contributed by atoms with Gasteiger partial charge >= 0.3 is 6.09 Å². The Balaban J connectivity index is 2.21. The first-order chi connectivity index (χ1) is 10.7. The van der Waals surface area contributed by atoms with Crippen LogP contribution in [-0.2, 0) is 4.74 Å². The number of carbonyl (C=O) groups is 2. The Morgan fingerprint density at radius 3 is 2.57 bits per heavy atom. The molecule has 2 rings (SSSR count). The molecule has 0 radical (unpaired) electrons. The van der Waals surface area contributed by atoms with Crippen LogP contribution in [0.1, 0.15) is 44.5 Å². The van der Waals surface area contributed by atoms with E-state index in [9.17, 15) is 9.59 Å². The minimum absolute atomic E-state index is 0.107. The Morgan fingerprint density at radius 2 is 1.96 bits per heavy atom. The third-order valence-electron chi connectivity index (χ3n) is 3.58. The van der Waals surface area contributed by atoms with Crippen molar-refractivity contribution in [3.63, 3.8) is 0 Å². The smallest absolute Gasteiger partial charge is 0.410 e. The van der Waals surface area contributed by atoms with Crippen molar-refractivity contribution < 1.29 is 18.7 Å². The largest absolute Gasteiger partial charge is 0.464 e. The van der Waals surface area contributed by atoms with Crippen LogP contribution in [0.15, 0.2) is 34.9 Å². The molecule has 1 aromatic carbocycles. The number of rotatable bonds is 4. The lowest BCUT2D eigenvalue weighted by molar-refractivity contribution is 0.0214. The van der Waals surface area contributed by atoms with E-state index in [0.29, 0.717) is 12.0 Å². The van der Waals surface area contributed by atoms with Crippen molar-refractivity contribution >= 4 is 22.8 Å². The Labute approximate surface area is 136 Å². The molecular weight excluding hydrogens is 294 g/mol. The number of hydrogen-bond acceptors (Lipinski definition) is 4. The molecule has 1 atom stereocenters. The van der Waals surface area contributed by atoms with Crippen LogP contribution in [0.3, 0.4) is 0 Å². The number of Topliss-reactive ketones (excluding diaryl/α,β-unsaturated/α-hetero) is 1. The highest BCUT2D eigenvalue weighted by atomic mass is 16.6. The van der Waals surface area contributed by atoms with Gasteiger partial charge in [0.2, 0.25) is 0 Å². The molecule has 1 amide bonds. The standard InChI is InChI=1S/C18H23NO4/c1-6-14(19(5)17(21)23-18(2,3)4)16(20)13-7-8-15-12(11-13)9-10-22-15/h7-11,14H,6H2,1-5H3/t14-/m1/s1. The highest BCUT2D eigenvalue weighted by Crippen LogP contribution is 2.20. The number of ketones is 1. The second-order valence-electron chi connectivity index (χ2n) is 6.55. The maximum absolute atomic E-state index is 12.8. The maximum atomic E-state index is 12.8. The van der Waals surface area contributed by atoms with Gasteiger partial charge in [0.05, 0.1) is 12.3 Å². The molecule has 0 aliphatic carbocycles. The van der Waals surface area contributed by atoms with Gasteiger partial charge in [-0.05, 0) is 51.5 Å². The lowest BCUT2D eigenvalue weighted by atomic mass is 10.00. The topological polar surface area (TPSA) is 59.8 Å². The predicted molar refractivity (Wildman–Crippen MR) is 88.6 cm³/mol. The van der Waals surface area contributed by atoms with Gasteiger partial charge in [-0.2, -0.15) is 0 Å². The molecule has 0 spiro atoms. The summed E-state index contributed by atoms with van der Waals surface area (Å²) in [6.07, 6.45) is 1.60. The van der Waals surface area contributed by atoms with Crippen molar-refractivity contribution in [2.24, 2.45) is 0 Å². The first-order valence-electron chi connectivity index (χ1n) is 7.70. The SMILES string of the molecule is CC[C@H](C(=O)c1ccc2occc2c1)N(C)C(=O)OC(C)(C)C. The van der Waals surface area contributed by atoms with Crippen LogP contribution in [0.2, 0.25) is 0 Å². The van der Waals surface area contributed by atoms with Gasteiger partial charge in [-0.15, -0.1) is 0 Å². The molecule has 0 N–H and O–H groups in total. The number of likely N-dealkylation sites (N-methyl/N-ethyl adjacent to an activating group) is 1. The van der Waals surface area contributed by atoms with E-state index < -0.39 is 17.7 Å². The molecular formula is C18H23NO4.